The largest absolute Gasteiger partial charge is 0.326 e. The van der Waals surface area contributed by atoms with Crippen LogP contribution in [0.15, 0.2) is 46.5 Å². The molecule has 5 nitrogen and oxygen atoms in total. The Kier molecular flexibility index (Phi) is 4.13. The van der Waals surface area contributed by atoms with Gasteiger partial charge >= 0.3 is 0 Å². The van der Waals surface area contributed by atoms with Crippen molar-refractivity contribution < 1.29 is 4.92 Å². The summed E-state index contributed by atoms with van der Waals surface area (Å²) in [5.41, 5.74) is 7.56. The molecule has 2 N–H and O–H groups in total. The van der Waals surface area contributed by atoms with E-state index >= 15 is 0 Å². The maximum Gasteiger partial charge on any atom is 0.283 e. The maximum absolute atomic E-state index is 11.0. The quantitative estimate of drug-likeness (QED) is 0.685. The second-order valence-electron chi connectivity index (χ2n) is 4.00. The van der Waals surface area contributed by atoms with Crippen molar-refractivity contribution in [1.29, 1.82) is 0 Å². The van der Waals surface area contributed by atoms with E-state index in [0.717, 1.165) is 16.2 Å². The van der Waals surface area contributed by atoms with Gasteiger partial charge in [0.15, 0.2) is 0 Å². The van der Waals surface area contributed by atoms with E-state index in [2.05, 4.69) is 4.98 Å². The summed E-state index contributed by atoms with van der Waals surface area (Å²) >= 11 is 1.29. The van der Waals surface area contributed by atoms with Crippen LogP contribution in [0, 0.1) is 17.0 Å². The van der Waals surface area contributed by atoms with E-state index in [9.17, 15) is 10.1 Å². The van der Waals surface area contributed by atoms with Crippen LogP contribution in [-0.2, 0) is 6.54 Å². The van der Waals surface area contributed by atoms with Crippen molar-refractivity contribution in [3.63, 3.8) is 0 Å². The monoisotopic (exact) mass is 275 g/mol. The Morgan fingerprint density at radius 3 is 2.79 bits per heavy atom. The van der Waals surface area contributed by atoms with Gasteiger partial charge in [0.1, 0.15) is 5.03 Å². The van der Waals surface area contributed by atoms with Gasteiger partial charge in [-0.3, -0.25) is 10.1 Å². The summed E-state index contributed by atoms with van der Waals surface area (Å²) in [7, 11) is 0. The highest BCUT2D eigenvalue weighted by Gasteiger charge is 2.15. The number of nitro benzene ring substituents is 1. The SMILES string of the molecule is Cc1cc(CN)cnc1Sc1ccccc1[N+](=O)[O-]. The zero-order valence-corrected chi connectivity index (χ0v) is 11.2. The van der Waals surface area contributed by atoms with Gasteiger partial charge in [0, 0.05) is 18.8 Å². The normalized spacial score (nSPS) is 10.4. The van der Waals surface area contributed by atoms with Crippen molar-refractivity contribution in [3.8, 4) is 0 Å². The average molecular weight is 275 g/mol. The zero-order valence-electron chi connectivity index (χ0n) is 10.4. The first-order valence-electron chi connectivity index (χ1n) is 5.68. The van der Waals surface area contributed by atoms with Crippen molar-refractivity contribution in [1.82, 2.24) is 4.98 Å². The molecular formula is C13H13N3O2S. The Morgan fingerprint density at radius 1 is 1.42 bits per heavy atom. The molecule has 1 heterocycles. The van der Waals surface area contributed by atoms with Gasteiger partial charge in [-0.05, 0) is 24.1 Å². The third-order valence-corrected chi connectivity index (χ3v) is 3.78. The maximum atomic E-state index is 11.0. The number of rotatable bonds is 4. The van der Waals surface area contributed by atoms with Crippen LogP contribution in [0.25, 0.3) is 0 Å². The number of nitro groups is 1. The van der Waals surface area contributed by atoms with Gasteiger partial charge in [-0.15, -0.1) is 0 Å². The molecule has 0 unspecified atom stereocenters. The number of pyridine rings is 1. The molecule has 0 aliphatic heterocycles. The van der Waals surface area contributed by atoms with Crippen molar-refractivity contribution in [2.75, 3.05) is 0 Å². The van der Waals surface area contributed by atoms with Gasteiger partial charge in [0.05, 0.1) is 9.82 Å². The molecule has 19 heavy (non-hydrogen) atoms. The molecule has 0 saturated carbocycles. The lowest BCUT2D eigenvalue weighted by Crippen LogP contribution is -1.98. The van der Waals surface area contributed by atoms with Crippen LogP contribution in [0.1, 0.15) is 11.1 Å². The third-order valence-electron chi connectivity index (χ3n) is 2.59. The number of para-hydroxylation sites is 1. The Labute approximate surface area is 115 Å². The third kappa shape index (κ3) is 3.10. The predicted molar refractivity (Wildman–Crippen MR) is 74.1 cm³/mol. The summed E-state index contributed by atoms with van der Waals surface area (Å²) in [5, 5.41) is 11.7. The Hall–Kier alpha value is -1.92. The number of hydrogen-bond donors (Lipinski definition) is 1. The van der Waals surface area contributed by atoms with Gasteiger partial charge in [0.25, 0.3) is 5.69 Å². The second-order valence-corrected chi connectivity index (χ2v) is 5.03. The molecule has 98 valence electrons. The molecule has 1 aromatic heterocycles. The van der Waals surface area contributed by atoms with E-state index in [1.165, 1.54) is 17.8 Å². The summed E-state index contributed by atoms with van der Waals surface area (Å²) in [6, 6.07) is 8.59. The fourth-order valence-corrected chi connectivity index (χ4v) is 2.56. The molecule has 2 rings (SSSR count). The number of nitrogens with zero attached hydrogens (tertiary/aromatic N) is 2. The number of aryl methyl sites for hydroxylation is 1. The highest BCUT2D eigenvalue weighted by molar-refractivity contribution is 7.99. The van der Waals surface area contributed by atoms with E-state index in [1.54, 1.807) is 24.4 Å². The average Bonchev–Trinajstić information content (AvgIpc) is 2.41. The minimum Gasteiger partial charge on any atom is -0.326 e. The van der Waals surface area contributed by atoms with Crippen LogP contribution in [0.4, 0.5) is 5.69 Å². The summed E-state index contributed by atoms with van der Waals surface area (Å²) in [6.07, 6.45) is 1.70. The van der Waals surface area contributed by atoms with Crippen molar-refractivity contribution in [2.24, 2.45) is 5.73 Å². The molecular weight excluding hydrogens is 262 g/mol. The van der Waals surface area contributed by atoms with Crippen LogP contribution < -0.4 is 5.73 Å². The molecule has 0 bridgehead atoms. The van der Waals surface area contributed by atoms with Crippen LogP contribution in [-0.4, -0.2) is 9.91 Å². The molecule has 0 saturated heterocycles. The summed E-state index contributed by atoms with van der Waals surface area (Å²) in [5.74, 6) is 0. The van der Waals surface area contributed by atoms with Crippen molar-refractivity contribution >= 4 is 17.4 Å². The molecule has 0 spiro atoms. The van der Waals surface area contributed by atoms with E-state index in [4.69, 9.17) is 5.73 Å². The van der Waals surface area contributed by atoms with Gasteiger partial charge in [-0.2, -0.15) is 0 Å². The van der Waals surface area contributed by atoms with Crippen LogP contribution in [0.2, 0.25) is 0 Å². The summed E-state index contributed by atoms with van der Waals surface area (Å²) in [4.78, 5) is 15.5. The summed E-state index contributed by atoms with van der Waals surface area (Å²) in [6.45, 7) is 2.35. The highest BCUT2D eigenvalue weighted by atomic mass is 32.2. The van der Waals surface area contributed by atoms with Gasteiger partial charge in [0.2, 0.25) is 0 Å². The molecule has 0 amide bonds. The first-order valence-corrected chi connectivity index (χ1v) is 6.50. The van der Waals surface area contributed by atoms with E-state index in [1.807, 2.05) is 13.0 Å². The number of aromatic nitrogens is 1. The van der Waals surface area contributed by atoms with Crippen LogP contribution in [0.5, 0.6) is 0 Å². The molecule has 0 atom stereocenters. The Morgan fingerprint density at radius 2 is 2.16 bits per heavy atom. The fraction of sp³-hybridized carbons (Fsp3) is 0.154. The lowest BCUT2D eigenvalue weighted by molar-refractivity contribution is -0.387. The standard InChI is InChI=1S/C13H13N3O2S/c1-9-6-10(7-14)8-15-13(9)19-12-5-3-2-4-11(12)16(17)18/h2-6,8H,7,14H2,1H3. The lowest BCUT2D eigenvalue weighted by Gasteiger charge is -2.06. The topological polar surface area (TPSA) is 82.0 Å². The Balaban J connectivity index is 2.34. The molecule has 2 aromatic rings. The predicted octanol–water partition coefficient (Wildman–Crippen LogP) is 2.91. The Bertz CT molecular complexity index is 617. The van der Waals surface area contributed by atoms with Gasteiger partial charge < -0.3 is 5.73 Å². The second kappa shape index (κ2) is 5.81. The van der Waals surface area contributed by atoms with Crippen molar-refractivity contribution in [3.05, 3.63) is 57.8 Å². The molecule has 1 aromatic carbocycles. The first-order chi connectivity index (χ1) is 9.11. The first kappa shape index (κ1) is 13.5. The number of nitrogens with two attached hydrogens (primary N) is 1. The van der Waals surface area contributed by atoms with E-state index in [-0.39, 0.29) is 10.6 Å². The smallest absolute Gasteiger partial charge is 0.283 e. The lowest BCUT2D eigenvalue weighted by atomic mass is 10.2. The minimum atomic E-state index is -0.383. The highest BCUT2D eigenvalue weighted by Crippen LogP contribution is 2.34. The van der Waals surface area contributed by atoms with Crippen LogP contribution >= 0.6 is 11.8 Å². The van der Waals surface area contributed by atoms with Crippen LogP contribution in [0.3, 0.4) is 0 Å². The molecule has 0 aliphatic carbocycles. The van der Waals surface area contributed by atoms with Gasteiger partial charge in [-0.1, -0.05) is 30.0 Å². The molecule has 0 radical (unpaired) electrons. The van der Waals surface area contributed by atoms with E-state index < -0.39 is 0 Å². The number of hydrogen-bond acceptors (Lipinski definition) is 5. The van der Waals surface area contributed by atoms with Crippen molar-refractivity contribution in [2.45, 2.75) is 23.4 Å². The minimum absolute atomic E-state index is 0.0941. The fourth-order valence-electron chi connectivity index (χ4n) is 1.64. The number of benzene rings is 1. The molecule has 6 heteroatoms. The zero-order chi connectivity index (χ0) is 13.8. The summed E-state index contributed by atoms with van der Waals surface area (Å²) < 4.78 is 0. The van der Waals surface area contributed by atoms with E-state index in [0.29, 0.717) is 11.4 Å². The molecule has 0 fully saturated rings. The molecule has 0 aliphatic rings. The van der Waals surface area contributed by atoms with Gasteiger partial charge in [-0.25, -0.2) is 4.98 Å².